The Morgan fingerprint density at radius 1 is 0.750 bits per heavy atom. The Morgan fingerprint density at radius 2 is 1.54 bits per heavy atom. The van der Waals surface area contributed by atoms with Crippen LogP contribution in [0.4, 0.5) is 0 Å². The Balaban J connectivity index is 1.45. The Kier molecular flexibility index (Phi) is 3.98. The van der Waals surface area contributed by atoms with Crippen molar-refractivity contribution in [2.24, 2.45) is 0 Å². The van der Waals surface area contributed by atoms with Crippen molar-refractivity contribution in [2.45, 2.75) is 12.8 Å². The summed E-state index contributed by atoms with van der Waals surface area (Å²) < 4.78 is 11.7. The molecule has 0 saturated heterocycles. The molecule has 1 aromatic heterocycles. The van der Waals surface area contributed by atoms with Crippen molar-refractivity contribution in [3.8, 4) is 11.5 Å². The third-order valence-electron chi connectivity index (χ3n) is 3.84. The molecule has 0 aliphatic rings. The minimum absolute atomic E-state index is 0.767. The lowest BCUT2D eigenvalue weighted by atomic mass is 10.1. The summed E-state index contributed by atoms with van der Waals surface area (Å²) in [6.07, 6.45) is 1.63. The maximum absolute atomic E-state index is 5.88. The maximum Gasteiger partial charge on any atom is 0.195 e. The highest BCUT2D eigenvalue weighted by molar-refractivity contribution is 5.72. The van der Waals surface area contributed by atoms with Crippen molar-refractivity contribution >= 4 is 11.1 Å². The van der Waals surface area contributed by atoms with E-state index in [0.717, 1.165) is 41.3 Å². The lowest BCUT2D eigenvalue weighted by molar-refractivity contribution is 0.481. The predicted molar refractivity (Wildman–Crippen MR) is 94.4 cm³/mol. The maximum atomic E-state index is 5.88. The zero-order chi connectivity index (χ0) is 16.2. The summed E-state index contributed by atoms with van der Waals surface area (Å²) in [6, 6.07) is 25.8. The smallest absolute Gasteiger partial charge is 0.195 e. The fourth-order valence-electron chi connectivity index (χ4n) is 2.67. The molecule has 0 fully saturated rings. The molecular weight excluding hydrogens is 298 g/mol. The predicted octanol–water partition coefficient (Wildman–Crippen LogP) is 5.41. The number of benzene rings is 3. The summed E-state index contributed by atoms with van der Waals surface area (Å²) in [5.74, 6) is 2.45. The second-order valence-corrected chi connectivity index (χ2v) is 5.64. The third-order valence-corrected chi connectivity index (χ3v) is 3.84. The summed E-state index contributed by atoms with van der Waals surface area (Å²) in [5.41, 5.74) is 2.95. The van der Waals surface area contributed by atoms with Gasteiger partial charge in [0.1, 0.15) is 17.0 Å². The van der Waals surface area contributed by atoms with Crippen LogP contribution in [0.2, 0.25) is 0 Å². The summed E-state index contributed by atoms with van der Waals surface area (Å²) in [6.45, 7) is 0. The van der Waals surface area contributed by atoms with E-state index in [1.54, 1.807) is 0 Å². The van der Waals surface area contributed by atoms with E-state index in [9.17, 15) is 0 Å². The number of hydrogen-bond acceptors (Lipinski definition) is 3. The quantitative estimate of drug-likeness (QED) is 0.494. The van der Waals surface area contributed by atoms with Crippen LogP contribution >= 0.6 is 0 Å². The summed E-state index contributed by atoms with van der Waals surface area (Å²) >= 11 is 0. The van der Waals surface area contributed by atoms with Crippen LogP contribution in [0, 0.1) is 0 Å². The van der Waals surface area contributed by atoms with Gasteiger partial charge >= 0.3 is 0 Å². The normalized spacial score (nSPS) is 10.8. The second kappa shape index (κ2) is 6.59. The molecule has 0 aliphatic heterocycles. The molecule has 3 heteroatoms. The molecule has 0 N–H and O–H groups in total. The fraction of sp³-hybridized carbons (Fsp3) is 0.0952. The van der Waals surface area contributed by atoms with Gasteiger partial charge < -0.3 is 9.15 Å². The van der Waals surface area contributed by atoms with E-state index in [1.165, 1.54) is 5.56 Å². The molecule has 0 aliphatic carbocycles. The molecule has 4 rings (SSSR count). The molecule has 0 saturated carbocycles. The van der Waals surface area contributed by atoms with Crippen molar-refractivity contribution in [3.05, 3.63) is 90.3 Å². The molecule has 118 valence electrons. The highest BCUT2D eigenvalue weighted by atomic mass is 16.5. The number of hydrogen-bond donors (Lipinski definition) is 0. The van der Waals surface area contributed by atoms with Gasteiger partial charge in [-0.15, -0.1) is 0 Å². The number of aromatic nitrogens is 1. The monoisotopic (exact) mass is 315 g/mol. The number of oxazole rings is 1. The van der Waals surface area contributed by atoms with E-state index in [2.05, 4.69) is 17.1 Å². The summed E-state index contributed by atoms with van der Waals surface area (Å²) in [5, 5.41) is 0. The Labute approximate surface area is 140 Å². The highest BCUT2D eigenvalue weighted by Crippen LogP contribution is 2.23. The molecule has 0 spiro atoms. The molecule has 0 bridgehead atoms. The van der Waals surface area contributed by atoms with E-state index >= 15 is 0 Å². The second-order valence-electron chi connectivity index (χ2n) is 5.64. The first-order chi connectivity index (χ1) is 11.9. The number of fused-ring (bicyclic) bond motifs is 1. The van der Waals surface area contributed by atoms with Gasteiger partial charge in [0.15, 0.2) is 11.5 Å². The van der Waals surface area contributed by atoms with Crippen molar-refractivity contribution in [1.82, 2.24) is 4.98 Å². The zero-order valence-electron chi connectivity index (χ0n) is 13.2. The van der Waals surface area contributed by atoms with Crippen LogP contribution in [-0.4, -0.2) is 4.98 Å². The van der Waals surface area contributed by atoms with Crippen LogP contribution < -0.4 is 4.74 Å². The molecule has 3 nitrogen and oxygen atoms in total. The molecule has 3 aromatic carbocycles. The van der Waals surface area contributed by atoms with Crippen LogP contribution in [0.25, 0.3) is 11.1 Å². The Bertz CT molecular complexity index is 911. The summed E-state index contributed by atoms with van der Waals surface area (Å²) in [4.78, 5) is 4.52. The number of rotatable bonds is 5. The van der Waals surface area contributed by atoms with Gasteiger partial charge in [0.25, 0.3) is 0 Å². The van der Waals surface area contributed by atoms with E-state index in [4.69, 9.17) is 9.15 Å². The minimum Gasteiger partial charge on any atom is -0.457 e. The fourth-order valence-corrected chi connectivity index (χ4v) is 2.67. The van der Waals surface area contributed by atoms with E-state index in [-0.39, 0.29) is 0 Å². The van der Waals surface area contributed by atoms with E-state index in [1.807, 2.05) is 66.7 Å². The largest absolute Gasteiger partial charge is 0.457 e. The number of para-hydroxylation sites is 3. The number of aryl methyl sites for hydroxylation is 2. The molecule has 4 aromatic rings. The molecular formula is C21H17NO2. The molecule has 0 radical (unpaired) electrons. The van der Waals surface area contributed by atoms with E-state index in [0.29, 0.717) is 0 Å². The van der Waals surface area contributed by atoms with Crippen LogP contribution in [0.1, 0.15) is 11.5 Å². The average molecular weight is 315 g/mol. The molecule has 24 heavy (non-hydrogen) atoms. The molecule has 0 atom stereocenters. The van der Waals surface area contributed by atoms with Crippen molar-refractivity contribution in [3.63, 3.8) is 0 Å². The van der Waals surface area contributed by atoms with Crippen LogP contribution in [-0.2, 0) is 12.8 Å². The van der Waals surface area contributed by atoms with Crippen LogP contribution in [0.15, 0.2) is 83.3 Å². The Hall–Kier alpha value is -3.07. The minimum atomic E-state index is 0.767. The molecule has 0 amide bonds. The van der Waals surface area contributed by atoms with Gasteiger partial charge in [-0.2, -0.15) is 0 Å². The first-order valence-electron chi connectivity index (χ1n) is 8.03. The lowest BCUT2D eigenvalue weighted by Crippen LogP contribution is -1.92. The molecule has 1 heterocycles. The van der Waals surface area contributed by atoms with Crippen LogP contribution in [0.3, 0.4) is 0 Å². The number of ether oxygens (including phenoxy) is 1. The van der Waals surface area contributed by atoms with Gasteiger partial charge in [0.2, 0.25) is 0 Å². The van der Waals surface area contributed by atoms with Gasteiger partial charge in [-0.25, -0.2) is 4.98 Å². The van der Waals surface area contributed by atoms with Gasteiger partial charge in [-0.1, -0.05) is 42.5 Å². The lowest BCUT2D eigenvalue weighted by Gasteiger charge is -2.07. The Morgan fingerprint density at radius 3 is 2.42 bits per heavy atom. The SMILES string of the molecule is c1ccc(Oc2cccc(CCc3nc4ccccc4o3)c2)cc1. The number of nitrogens with zero attached hydrogens (tertiary/aromatic N) is 1. The highest BCUT2D eigenvalue weighted by Gasteiger charge is 2.06. The van der Waals surface area contributed by atoms with Crippen molar-refractivity contribution < 1.29 is 9.15 Å². The zero-order valence-corrected chi connectivity index (χ0v) is 13.2. The van der Waals surface area contributed by atoms with Gasteiger partial charge in [0.05, 0.1) is 0 Å². The van der Waals surface area contributed by atoms with Crippen LogP contribution in [0.5, 0.6) is 11.5 Å². The first kappa shape index (κ1) is 14.5. The van der Waals surface area contributed by atoms with Gasteiger partial charge in [0, 0.05) is 6.42 Å². The van der Waals surface area contributed by atoms with E-state index < -0.39 is 0 Å². The third kappa shape index (κ3) is 3.30. The molecule has 0 unspecified atom stereocenters. The standard InChI is InChI=1S/C21H17NO2/c1-2-8-17(9-3-1)23-18-10-6-7-16(15-18)13-14-21-22-19-11-4-5-12-20(19)24-21/h1-12,15H,13-14H2. The topological polar surface area (TPSA) is 35.3 Å². The van der Waals surface area contributed by atoms with Gasteiger partial charge in [-0.05, 0) is 48.4 Å². The summed E-state index contributed by atoms with van der Waals surface area (Å²) in [7, 11) is 0. The average Bonchev–Trinajstić information content (AvgIpc) is 3.04. The first-order valence-corrected chi connectivity index (χ1v) is 8.03. The van der Waals surface area contributed by atoms with Gasteiger partial charge in [-0.3, -0.25) is 0 Å². The van der Waals surface area contributed by atoms with Crippen molar-refractivity contribution in [2.75, 3.05) is 0 Å². The van der Waals surface area contributed by atoms with Crippen molar-refractivity contribution in [1.29, 1.82) is 0 Å².